The topological polar surface area (TPSA) is 63.2 Å². The van der Waals surface area contributed by atoms with Crippen LogP contribution in [0.25, 0.3) is 0 Å². The molecule has 1 atom stereocenters. The second kappa shape index (κ2) is 5.46. The number of nitrogens with one attached hydrogen (secondary N) is 1. The first kappa shape index (κ1) is 14.3. The lowest BCUT2D eigenvalue weighted by Crippen LogP contribution is -2.30. The van der Waals surface area contributed by atoms with E-state index in [1.54, 1.807) is 0 Å². The predicted molar refractivity (Wildman–Crippen MR) is 70.5 cm³/mol. The van der Waals surface area contributed by atoms with Crippen molar-refractivity contribution in [1.29, 1.82) is 0 Å². The molecule has 1 amide bonds. The van der Waals surface area contributed by atoms with Crippen LogP contribution >= 0.6 is 11.6 Å². The van der Waals surface area contributed by atoms with Crippen LogP contribution in [0.15, 0.2) is 18.2 Å². The zero-order valence-electron chi connectivity index (χ0n) is 10.0. The van der Waals surface area contributed by atoms with Crippen LogP contribution in [0.3, 0.4) is 0 Å². The van der Waals surface area contributed by atoms with E-state index in [1.807, 2.05) is 0 Å². The van der Waals surface area contributed by atoms with Gasteiger partial charge >= 0.3 is 0 Å². The van der Waals surface area contributed by atoms with Crippen molar-refractivity contribution in [3.05, 3.63) is 34.6 Å². The van der Waals surface area contributed by atoms with Crippen LogP contribution in [0.5, 0.6) is 0 Å². The Morgan fingerprint density at radius 1 is 1.47 bits per heavy atom. The summed E-state index contributed by atoms with van der Waals surface area (Å²) in [4.78, 5) is 11.8. The lowest BCUT2D eigenvalue weighted by atomic mass is 10.1. The van der Waals surface area contributed by atoms with Gasteiger partial charge in [0.25, 0.3) is 5.91 Å². The van der Waals surface area contributed by atoms with Crippen molar-refractivity contribution in [3.63, 3.8) is 0 Å². The van der Waals surface area contributed by atoms with E-state index in [4.69, 9.17) is 11.6 Å². The van der Waals surface area contributed by atoms with E-state index in [1.165, 1.54) is 12.1 Å². The highest BCUT2D eigenvalue weighted by Crippen LogP contribution is 2.18. The average molecular weight is 306 g/mol. The summed E-state index contributed by atoms with van der Waals surface area (Å²) in [6, 6.07) is 3.80. The lowest BCUT2D eigenvalue weighted by Gasteiger charge is -2.10. The number of rotatable bonds is 3. The van der Waals surface area contributed by atoms with Crippen molar-refractivity contribution in [2.24, 2.45) is 5.92 Å². The summed E-state index contributed by atoms with van der Waals surface area (Å²) in [5.41, 5.74) is -0.0924. The zero-order chi connectivity index (χ0) is 14.0. The molecule has 1 aliphatic rings. The Kier molecular flexibility index (Phi) is 4.10. The maximum absolute atomic E-state index is 13.5. The fraction of sp³-hybridized carbons (Fsp3) is 0.417. The highest BCUT2D eigenvalue weighted by atomic mass is 35.5. The highest BCUT2D eigenvalue weighted by Gasteiger charge is 2.28. The SMILES string of the molecule is O=C(NC[C@@H]1CCS(=O)(=O)C1)c1ccc(Cl)cc1F. The molecular formula is C12H13ClFNO3S. The summed E-state index contributed by atoms with van der Waals surface area (Å²) in [5, 5.41) is 2.77. The quantitative estimate of drug-likeness (QED) is 0.923. The largest absolute Gasteiger partial charge is 0.352 e. The molecule has 1 aromatic carbocycles. The molecule has 1 fully saturated rings. The molecule has 0 aromatic heterocycles. The molecular weight excluding hydrogens is 293 g/mol. The normalized spacial score (nSPS) is 21.3. The molecule has 0 saturated carbocycles. The second-order valence-electron chi connectivity index (χ2n) is 4.60. The molecule has 4 nitrogen and oxygen atoms in total. The number of sulfone groups is 1. The zero-order valence-corrected chi connectivity index (χ0v) is 11.6. The molecule has 2 rings (SSSR count). The van der Waals surface area contributed by atoms with Gasteiger partial charge in [0, 0.05) is 11.6 Å². The van der Waals surface area contributed by atoms with Crippen LogP contribution in [0.1, 0.15) is 16.8 Å². The Balaban J connectivity index is 1.95. The first-order valence-corrected chi connectivity index (χ1v) is 8.01. The molecule has 1 aliphatic heterocycles. The molecule has 1 aromatic rings. The Hall–Kier alpha value is -1.14. The van der Waals surface area contributed by atoms with E-state index in [0.717, 1.165) is 6.07 Å². The minimum absolute atomic E-state index is 0.0797. The number of carbonyl (C=O) groups excluding carboxylic acids is 1. The summed E-state index contributed by atoms with van der Waals surface area (Å²) in [7, 11) is -2.96. The predicted octanol–water partition coefficient (Wildman–Crippen LogP) is 1.64. The molecule has 1 heterocycles. The molecule has 7 heteroatoms. The van der Waals surface area contributed by atoms with E-state index in [-0.39, 0.29) is 34.6 Å². The Morgan fingerprint density at radius 2 is 2.21 bits per heavy atom. The number of hydrogen-bond acceptors (Lipinski definition) is 3. The van der Waals surface area contributed by atoms with Gasteiger partial charge in [0.05, 0.1) is 17.1 Å². The fourth-order valence-corrected chi connectivity index (χ4v) is 4.06. The lowest BCUT2D eigenvalue weighted by molar-refractivity contribution is 0.0944. The number of halogens is 2. The van der Waals surface area contributed by atoms with Crippen molar-refractivity contribution < 1.29 is 17.6 Å². The standard InChI is InChI=1S/C12H13ClFNO3S/c13-9-1-2-10(11(14)5-9)12(16)15-6-8-3-4-19(17,18)7-8/h1-2,5,8H,3-4,6-7H2,(H,15,16)/t8-/m0/s1. The van der Waals surface area contributed by atoms with Crippen molar-refractivity contribution in [2.75, 3.05) is 18.1 Å². The third-order valence-corrected chi connectivity index (χ3v) is 5.13. The maximum Gasteiger partial charge on any atom is 0.254 e. The number of amides is 1. The van der Waals surface area contributed by atoms with Gasteiger partial charge in [0.2, 0.25) is 0 Å². The summed E-state index contributed by atoms with van der Waals surface area (Å²) < 4.78 is 36.0. The van der Waals surface area contributed by atoms with Gasteiger partial charge in [-0.2, -0.15) is 0 Å². The van der Waals surface area contributed by atoms with E-state index >= 15 is 0 Å². The van der Waals surface area contributed by atoms with Gasteiger partial charge in [-0.3, -0.25) is 4.79 Å². The van der Waals surface area contributed by atoms with Gasteiger partial charge in [-0.1, -0.05) is 11.6 Å². The molecule has 0 unspecified atom stereocenters. The van der Waals surface area contributed by atoms with Crippen molar-refractivity contribution in [1.82, 2.24) is 5.32 Å². The van der Waals surface area contributed by atoms with Crippen LogP contribution in [-0.4, -0.2) is 32.4 Å². The Morgan fingerprint density at radius 3 is 2.79 bits per heavy atom. The van der Waals surface area contributed by atoms with E-state index in [2.05, 4.69) is 5.32 Å². The van der Waals surface area contributed by atoms with Crippen LogP contribution in [0.2, 0.25) is 5.02 Å². The van der Waals surface area contributed by atoms with Gasteiger partial charge in [-0.05, 0) is 30.5 Å². The van der Waals surface area contributed by atoms with Gasteiger partial charge in [0.15, 0.2) is 9.84 Å². The van der Waals surface area contributed by atoms with Crippen LogP contribution in [-0.2, 0) is 9.84 Å². The van der Waals surface area contributed by atoms with Gasteiger partial charge < -0.3 is 5.32 Å². The van der Waals surface area contributed by atoms with Crippen LogP contribution in [0.4, 0.5) is 4.39 Å². The Labute approximate surface area is 115 Å². The summed E-state index contributed by atoms with van der Waals surface area (Å²) >= 11 is 5.60. The van der Waals surface area contributed by atoms with Gasteiger partial charge in [-0.15, -0.1) is 0 Å². The van der Waals surface area contributed by atoms with Crippen LogP contribution < -0.4 is 5.32 Å². The summed E-state index contributed by atoms with van der Waals surface area (Å²) in [6.07, 6.45) is 0.533. The van der Waals surface area contributed by atoms with Crippen molar-refractivity contribution >= 4 is 27.3 Å². The average Bonchev–Trinajstić information content (AvgIpc) is 2.66. The van der Waals surface area contributed by atoms with Crippen molar-refractivity contribution in [2.45, 2.75) is 6.42 Å². The molecule has 1 N–H and O–H groups in total. The smallest absolute Gasteiger partial charge is 0.254 e. The first-order chi connectivity index (χ1) is 8.87. The molecule has 0 spiro atoms. The molecule has 19 heavy (non-hydrogen) atoms. The third kappa shape index (κ3) is 3.67. The van der Waals surface area contributed by atoms with Crippen LogP contribution in [0, 0.1) is 11.7 Å². The van der Waals surface area contributed by atoms with E-state index in [9.17, 15) is 17.6 Å². The third-order valence-electron chi connectivity index (χ3n) is 3.05. The summed E-state index contributed by atoms with van der Waals surface area (Å²) in [6.45, 7) is 0.236. The molecule has 0 aliphatic carbocycles. The number of benzene rings is 1. The fourth-order valence-electron chi connectivity index (χ4n) is 2.04. The number of carbonyl (C=O) groups is 1. The van der Waals surface area contributed by atoms with Gasteiger partial charge in [-0.25, -0.2) is 12.8 Å². The molecule has 0 radical (unpaired) electrons. The van der Waals surface area contributed by atoms with Crippen molar-refractivity contribution in [3.8, 4) is 0 Å². The Bertz CT molecular complexity index is 603. The number of hydrogen-bond donors (Lipinski definition) is 1. The second-order valence-corrected chi connectivity index (χ2v) is 7.27. The monoisotopic (exact) mass is 305 g/mol. The molecule has 0 bridgehead atoms. The molecule has 1 saturated heterocycles. The molecule has 104 valence electrons. The van der Waals surface area contributed by atoms with E-state index in [0.29, 0.717) is 6.42 Å². The van der Waals surface area contributed by atoms with E-state index < -0.39 is 21.6 Å². The first-order valence-electron chi connectivity index (χ1n) is 5.81. The summed E-state index contributed by atoms with van der Waals surface area (Å²) in [5.74, 6) is -1.11. The minimum Gasteiger partial charge on any atom is -0.352 e. The minimum atomic E-state index is -2.96. The maximum atomic E-state index is 13.5. The highest BCUT2D eigenvalue weighted by molar-refractivity contribution is 7.91. The van der Waals surface area contributed by atoms with Gasteiger partial charge in [0.1, 0.15) is 5.82 Å².